The van der Waals surface area contributed by atoms with E-state index in [0.717, 1.165) is 0 Å². The van der Waals surface area contributed by atoms with E-state index in [2.05, 4.69) is 9.47 Å². The number of amides is 1. The number of carboxylic acids is 1. The molecule has 0 saturated carbocycles. The Balaban J connectivity index is 4.26. The van der Waals surface area contributed by atoms with E-state index in [1.165, 1.54) is 0 Å². The van der Waals surface area contributed by atoms with Crippen LogP contribution in [0.15, 0.2) is 0 Å². The molecule has 7 nitrogen and oxygen atoms in total. The molecule has 0 aromatic rings. The SMILES string of the molecule is N[C@@H](COC(F)F)C(=O)N[C@@H](COC(F)F)C(=O)O. The summed E-state index contributed by atoms with van der Waals surface area (Å²) in [4.78, 5) is 21.9. The first-order valence-corrected chi connectivity index (χ1v) is 4.82. The first-order valence-electron chi connectivity index (χ1n) is 4.82. The van der Waals surface area contributed by atoms with Gasteiger partial charge in [0.25, 0.3) is 0 Å². The zero-order valence-electron chi connectivity index (χ0n) is 9.39. The molecule has 0 saturated heterocycles. The number of ether oxygens (including phenoxy) is 2. The second kappa shape index (κ2) is 8.61. The molecule has 0 aromatic carbocycles. The van der Waals surface area contributed by atoms with Crippen LogP contribution in [-0.4, -0.2) is 55.5 Å². The predicted octanol–water partition coefficient (Wildman–Crippen LogP) is -0.639. The van der Waals surface area contributed by atoms with Crippen LogP contribution in [0.1, 0.15) is 0 Å². The fraction of sp³-hybridized carbons (Fsp3) is 0.750. The van der Waals surface area contributed by atoms with Gasteiger partial charge < -0.3 is 25.6 Å². The molecule has 0 aromatic heterocycles. The molecule has 0 fully saturated rings. The predicted molar refractivity (Wildman–Crippen MR) is 51.5 cm³/mol. The zero-order chi connectivity index (χ0) is 15.0. The van der Waals surface area contributed by atoms with Crippen LogP contribution in [0, 0.1) is 0 Å². The zero-order valence-corrected chi connectivity index (χ0v) is 9.39. The lowest BCUT2D eigenvalue weighted by atomic mass is 10.2. The molecule has 0 aliphatic rings. The molecule has 19 heavy (non-hydrogen) atoms. The number of rotatable bonds is 9. The third-order valence-electron chi connectivity index (χ3n) is 1.74. The van der Waals surface area contributed by atoms with Crippen LogP contribution in [0.3, 0.4) is 0 Å². The van der Waals surface area contributed by atoms with Crippen molar-refractivity contribution in [2.24, 2.45) is 5.73 Å². The lowest BCUT2D eigenvalue weighted by Crippen LogP contribution is -2.52. The van der Waals surface area contributed by atoms with Gasteiger partial charge in [-0.1, -0.05) is 0 Å². The highest BCUT2D eigenvalue weighted by atomic mass is 19.3. The van der Waals surface area contributed by atoms with Crippen molar-refractivity contribution in [3.63, 3.8) is 0 Å². The number of aliphatic carboxylic acids is 1. The van der Waals surface area contributed by atoms with Gasteiger partial charge in [-0.3, -0.25) is 4.79 Å². The Labute approximate surface area is 104 Å². The third kappa shape index (κ3) is 8.29. The lowest BCUT2D eigenvalue weighted by Gasteiger charge is -2.17. The number of nitrogens with two attached hydrogens (primary N) is 1. The maximum atomic E-state index is 11.7. The van der Waals surface area contributed by atoms with E-state index in [1.54, 1.807) is 5.32 Å². The summed E-state index contributed by atoms with van der Waals surface area (Å²) in [5.41, 5.74) is 5.12. The molecule has 0 heterocycles. The lowest BCUT2D eigenvalue weighted by molar-refractivity contribution is -0.158. The van der Waals surface area contributed by atoms with E-state index in [0.29, 0.717) is 0 Å². The fourth-order valence-electron chi connectivity index (χ4n) is 0.875. The minimum atomic E-state index is -3.21. The van der Waals surface area contributed by atoms with E-state index in [1.807, 2.05) is 0 Å². The molecule has 11 heteroatoms. The van der Waals surface area contributed by atoms with Crippen LogP contribution >= 0.6 is 0 Å². The molecule has 2 atom stereocenters. The highest BCUT2D eigenvalue weighted by Crippen LogP contribution is 1.99. The molecule has 0 rings (SSSR count). The molecular formula is C8H12F4N2O5. The van der Waals surface area contributed by atoms with Crippen molar-refractivity contribution in [1.29, 1.82) is 0 Å². The van der Waals surface area contributed by atoms with Gasteiger partial charge in [0.15, 0.2) is 6.04 Å². The first-order chi connectivity index (χ1) is 8.73. The number of carbonyl (C=O) groups excluding carboxylic acids is 1. The highest BCUT2D eigenvalue weighted by Gasteiger charge is 2.25. The summed E-state index contributed by atoms with van der Waals surface area (Å²) in [5.74, 6) is -2.79. The van der Waals surface area contributed by atoms with Crippen molar-refractivity contribution < 1.29 is 41.7 Å². The van der Waals surface area contributed by atoms with E-state index in [4.69, 9.17) is 10.8 Å². The first kappa shape index (κ1) is 17.5. The van der Waals surface area contributed by atoms with Gasteiger partial charge >= 0.3 is 19.2 Å². The van der Waals surface area contributed by atoms with E-state index >= 15 is 0 Å². The van der Waals surface area contributed by atoms with Crippen molar-refractivity contribution in [2.75, 3.05) is 13.2 Å². The molecular weight excluding hydrogens is 280 g/mol. The van der Waals surface area contributed by atoms with Crippen molar-refractivity contribution in [1.82, 2.24) is 5.32 Å². The Kier molecular flexibility index (Phi) is 7.95. The Hall–Kier alpha value is -1.46. The molecule has 4 N–H and O–H groups in total. The minimum absolute atomic E-state index is 0.856. The van der Waals surface area contributed by atoms with Gasteiger partial charge in [-0.15, -0.1) is 0 Å². The second-order valence-electron chi connectivity index (χ2n) is 3.19. The molecule has 112 valence electrons. The van der Waals surface area contributed by atoms with Crippen LogP contribution in [-0.2, 0) is 19.1 Å². The molecule has 0 radical (unpaired) electrons. The molecule has 0 spiro atoms. The number of hydrogen-bond acceptors (Lipinski definition) is 5. The molecule has 0 unspecified atom stereocenters. The maximum absolute atomic E-state index is 11.7. The summed E-state index contributed by atoms with van der Waals surface area (Å²) in [6, 6.07) is -3.35. The Morgan fingerprint density at radius 3 is 2.00 bits per heavy atom. The number of hydrogen-bond donors (Lipinski definition) is 3. The van der Waals surface area contributed by atoms with Crippen molar-refractivity contribution >= 4 is 11.9 Å². The van der Waals surface area contributed by atoms with Gasteiger partial charge in [-0.2, -0.15) is 17.6 Å². The van der Waals surface area contributed by atoms with Crippen molar-refractivity contribution in [3.05, 3.63) is 0 Å². The van der Waals surface area contributed by atoms with Gasteiger partial charge in [-0.05, 0) is 0 Å². The van der Waals surface area contributed by atoms with Crippen LogP contribution in [0.4, 0.5) is 17.6 Å². The number of carboxylic acid groups (broad SMARTS) is 1. The number of alkyl halides is 4. The third-order valence-corrected chi connectivity index (χ3v) is 1.74. The molecule has 1 amide bonds. The summed E-state index contributed by atoms with van der Waals surface area (Å²) < 4.78 is 54.2. The van der Waals surface area contributed by atoms with Gasteiger partial charge in [-0.25, -0.2) is 4.79 Å². The quantitative estimate of drug-likeness (QED) is 0.488. The monoisotopic (exact) mass is 292 g/mol. The highest BCUT2D eigenvalue weighted by molar-refractivity contribution is 5.86. The Morgan fingerprint density at radius 1 is 1.11 bits per heavy atom. The van der Waals surface area contributed by atoms with Gasteiger partial charge in [0.05, 0.1) is 13.2 Å². The average molecular weight is 292 g/mol. The topological polar surface area (TPSA) is 111 Å². The molecule has 0 aliphatic carbocycles. The fourth-order valence-corrected chi connectivity index (χ4v) is 0.875. The van der Waals surface area contributed by atoms with Crippen LogP contribution in [0.25, 0.3) is 0 Å². The Morgan fingerprint density at radius 2 is 1.58 bits per heavy atom. The van der Waals surface area contributed by atoms with E-state index in [-0.39, 0.29) is 0 Å². The maximum Gasteiger partial charge on any atom is 0.345 e. The molecule has 0 aliphatic heterocycles. The number of carbonyl (C=O) groups is 2. The second-order valence-corrected chi connectivity index (χ2v) is 3.19. The molecule has 0 bridgehead atoms. The van der Waals surface area contributed by atoms with Crippen LogP contribution < -0.4 is 11.1 Å². The van der Waals surface area contributed by atoms with Crippen LogP contribution in [0.5, 0.6) is 0 Å². The summed E-state index contributed by atoms with van der Waals surface area (Å²) in [7, 11) is 0. The number of nitrogens with one attached hydrogen (secondary N) is 1. The van der Waals surface area contributed by atoms with E-state index < -0.39 is 50.4 Å². The summed E-state index contributed by atoms with van der Waals surface area (Å²) in [5, 5.41) is 10.4. The number of halogens is 4. The summed E-state index contributed by atoms with van der Waals surface area (Å²) in [6.07, 6.45) is 0. The van der Waals surface area contributed by atoms with Gasteiger partial charge in [0, 0.05) is 0 Å². The van der Waals surface area contributed by atoms with Crippen molar-refractivity contribution in [3.8, 4) is 0 Å². The standard InChI is InChI=1S/C8H12F4N2O5/c9-7(10)18-1-3(13)5(15)14-4(6(16)17)2-19-8(11)12/h3-4,7-8H,1-2,13H2,(H,14,15)(H,16,17)/t3-,4-/m0/s1. The van der Waals surface area contributed by atoms with Gasteiger partial charge in [0.1, 0.15) is 6.04 Å². The van der Waals surface area contributed by atoms with Gasteiger partial charge in [0.2, 0.25) is 5.91 Å². The van der Waals surface area contributed by atoms with Crippen molar-refractivity contribution in [2.45, 2.75) is 25.3 Å². The van der Waals surface area contributed by atoms with Crippen LogP contribution in [0.2, 0.25) is 0 Å². The largest absolute Gasteiger partial charge is 0.480 e. The minimum Gasteiger partial charge on any atom is -0.480 e. The normalized spacial score (nSPS) is 14.5. The Bertz CT molecular complexity index is 305. The average Bonchev–Trinajstić information content (AvgIpc) is 2.30. The summed E-state index contributed by atoms with van der Waals surface area (Å²) in [6.45, 7) is -8.21. The smallest absolute Gasteiger partial charge is 0.345 e. The van der Waals surface area contributed by atoms with E-state index in [9.17, 15) is 27.2 Å². The summed E-state index contributed by atoms with van der Waals surface area (Å²) >= 11 is 0.